The molecule has 1 amide bonds. The van der Waals surface area contributed by atoms with Gasteiger partial charge in [0.1, 0.15) is 0 Å². The Hall–Kier alpha value is -1.40. The number of amides is 1. The molecule has 2 unspecified atom stereocenters. The van der Waals surface area contributed by atoms with E-state index in [-0.39, 0.29) is 18.5 Å². The summed E-state index contributed by atoms with van der Waals surface area (Å²) in [6.45, 7) is 4.96. The molecule has 0 spiro atoms. The van der Waals surface area contributed by atoms with Crippen LogP contribution in [0.3, 0.4) is 0 Å². The van der Waals surface area contributed by atoms with Crippen LogP contribution in [0.15, 0.2) is 12.2 Å². The number of unbranched alkanes of at least 4 members (excludes halogenated alkanes) is 41. The predicted molar refractivity (Wildman–Crippen MR) is 278 cm³/mol. The van der Waals surface area contributed by atoms with Gasteiger partial charge in [0.15, 0.2) is 0 Å². The van der Waals surface area contributed by atoms with Crippen LogP contribution in [0.4, 0.5) is 0 Å². The van der Waals surface area contributed by atoms with Gasteiger partial charge in [-0.15, -0.1) is 0 Å². The van der Waals surface area contributed by atoms with Crippen LogP contribution in [-0.2, 0) is 14.3 Å². The van der Waals surface area contributed by atoms with Gasteiger partial charge in [0.2, 0.25) is 5.91 Å². The average molecular weight is 905 g/mol. The number of hydrogen-bond acceptors (Lipinski definition) is 5. The summed E-state index contributed by atoms with van der Waals surface area (Å²) in [5.74, 6) is -0.0299. The lowest BCUT2D eigenvalue weighted by molar-refractivity contribution is -0.143. The third-order valence-corrected chi connectivity index (χ3v) is 13.6. The van der Waals surface area contributed by atoms with Crippen LogP contribution in [-0.4, -0.2) is 47.4 Å². The minimum absolute atomic E-state index is 0.0110. The van der Waals surface area contributed by atoms with Crippen LogP contribution in [0.2, 0.25) is 0 Å². The van der Waals surface area contributed by atoms with Crippen molar-refractivity contribution < 1.29 is 24.5 Å². The molecule has 0 aliphatic heterocycles. The number of aliphatic hydroxyl groups is 2. The average Bonchev–Trinajstić information content (AvgIpc) is 3.29. The third kappa shape index (κ3) is 50.0. The number of carbonyl (C=O) groups excluding carboxylic acids is 2. The maximum absolute atomic E-state index is 12.5. The van der Waals surface area contributed by atoms with E-state index in [1.165, 1.54) is 250 Å². The van der Waals surface area contributed by atoms with E-state index in [4.69, 9.17) is 4.74 Å². The van der Waals surface area contributed by atoms with E-state index in [0.29, 0.717) is 25.9 Å². The number of esters is 1. The maximum Gasteiger partial charge on any atom is 0.305 e. The van der Waals surface area contributed by atoms with Crippen molar-refractivity contribution in [3.05, 3.63) is 12.2 Å². The summed E-state index contributed by atoms with van der Waals surface area (Å²) in [4.78, 5) is 24.5. The van der Waals surface area contributed by atoms with Crippen molar-refractivity contribution in [1.29, 1.82) is 0 Å². The number of carbonyl (C=O) groups is 2. The topological polar surface area (TPSA) is 95.9 Å². The highest BCUT2D eigenvalue weighted by atomic mass is 16.5. The molecule has 0 rings (SSSR count). The van der Waals surface area contributed by atoms with Gasteiger partial charge in [0.05, 0.1) is 25.4 Å². The van der Waals surface area contributed by atoms with Crippen LogP contribution in [0.25, 0.3) is 0 Å². The Kier molecular flexibility index (Phi) is 53.0. The van der Waals surface area contributed by atoms with Gasteiger partial charge >= 0.3 is 5.97 Å². The van der Waals surface area contributed by atoms with Crippen LogP contribution in [0.5, 0.6) is 0 Å². The van der Waals surface area contributed by atoms with E-state index in [9.17, 15) is 19.8 Å². The minimum Gasteiger partial charge on any atom is -0.466 e. The molecule has 3 N–H and O–H groups in total. The first-order chi connectivity index (χ1) is 31.5. The molecule has 0 aliphatic rings. The Morgan fingerprint density at radius 2 is 0.734 bits per heavy atom. The number of ether oxygens (including phenoxy) is 1. The Balaban J connectivity index is 3.40. The first-order valence-electron chi connectivity index (χ1n) is 28.9. The lowest BCUT2D eigenvalue weighted by atomic mass is 10.0. The molecular weight excluding hydrogens is 791 g/mol. The van der Waals surface area contributed by atoms with Gasteiger partial charge in [-0.1, -0.05) is 270 Å². The molecule has 0 aromatic carbocycles. The van der Waals surface area contributed by atoms with Crippen LogP contribution in [0.1, 0.15) is 322 Å². The standard InChI is InChI=1S/C58H113NO5/c1-3-5-7-9-11-13-15-27-30-34-38-42-46-50-56(61)55(54-60)59-57(62)51-47-43-39-35-31-28-25-23-21-19-17-18-20-22-24-26-29-33-37-41-45-49-53-64-58(63)52-48-44-40-36-32-16-14-12-10-8-6-4-2/h19,21,55-56,60-61H,3-18,20,22-54H2,1-2H3,(H,59,62)/b21-19-. The third-order valence-electron chi connectivity index (χ3n) is 13.6. The highest BCUT2D eigenvalue weighted by molar-refractivity contribution is 5.76. The normalized spacial score (nSPS) is 12.6. The molecule has 380 valence electrons. The van der Waals surface area contributed by atoms with Gasteiger partial charge in [0, 0.05) is 12.8 Å². The second-order valence-corrected chi connectivity index (χ2v) is 20.0. The van der Waals surface area contributed by atoms with E-state index in [1.54, 1.807) is 0 Å². The quantitative estimate of drug-likeness (QED) is 0.0321. The summed E-state index contributed by atoms with van der Waals surface area (Å²) in [6, 6.07) is -0.545. The Bertz CT molecular complexity index is 955. The van der Waals surface area contributed by atoms with Crippen molar-refractivity contribution >= 4 is 11.9 Å². The van der Waals surface area contributed by atoms with Crippen molar-refractivity contribution in [3.8, 4) is 0 Å². The van der Waals surface area contributed by atoms with E-state index in [1.807, 2.05) is 0 Å². The molecule has 0 aliphatic carbocycles. The number of rotatable bonds is 54. The zero-order valence-corrected chi connectivity index (χ0v) is 43.3. The van der Waals surface area contributed by atoms with Gasteiger partial charge in [-0.25, -0.2) is 0 Å². The predicted octanol–water partition coefficient (Wildman–Crippen LogP) is 17.7. The van der Waals surface area contributed by atoms with Crippen LogP contribution >= 0.6 is 0 Å². The van der Waals surface area contributed by atoms with Gasteiger partial charge in [-0.05, 0) is 51.4 Å². The van der Waals surface area contributed by atoms with E-state index < -0.39 is 12.1 Å². The number of hydrogen-bond donors (Lipinski definition) is 3. The molecular formula is C58H113NO5. The molecule has 6 nitrogen and oxygen atoms in total. The van der Waals surface area contributed by atoms with Crippen molar-refractivity contribution in [3.63, 3.8) is 0 Å². The molecule has 0 saturated heterocycles. The number of allylic oxidation sites excluding steroid dienone is 2. The van der Waals surface area contributed by atoms with Crippen LogP contribution in [0, 0.1) is 0 Å². The molecule has 2 atom stereocenters. The van der Waals surface area contributed by atoms with Crippen molar-refractivity contribution in [2.75, 3.05) is 13.2 Å². The lowest BCUT2D eigenvalue weighted by Gasteiger charge is -2.22. The monoisotopic (exact) mass is 904 g/mol. The van der Waals surface area contributed by atoms with Gasteiger partial charge in [-0.2, -0.15) is 0 Å². The fourth-order valence-corrected chi connectivity index (χ4v) is 9.11. The highest BCUT2D eigenvalue weighted by Crippen LogP contribution is 2.17. The van der Waals surface area contributed by atoms with Crippen molar-refractivity contribution in [2.24, 2.45) is 0 Å². The highest BCUT2D eigenvalue weighted by Gasteiger charge is 2.20. The minimum atomic E-state index is -0.667. The maximum atomic E-state index is 12.5. The fourth-order valence-electron chi connectivity index (χ4n) is 9.11. The van der Waals surface area contributed by atoms with Crippen molar-refractivity contribution in [1.82, 2.24) is 5.32 Å². The molecule has 0 aromatic heterocycles. The van der Waals surface area contributed by atoms with Gasteiger partial charge < -0.3 is 20.3 Å². The van der Waals surface area contributed by atoms with Crippen LogP contribution < -0.4 is 5.32 Å². The Labute approximate surface area is 399 Å². The second-order valence-electron chi connectivity index (χ2n) is 20.0. The Morgan fingerprint density at radius 3 is 1.11 bits per heavy atom. The smallest absolute Gasteiger partial charge is 0.305 e. The second kappa shape index (κ2) is 54.2. The Morgan fingerprint density at radius 1 is 0.422 bits per heavy atom. The zero-order chi connectivity index (χ0) is 46.5. The first kappa shape index (κ1) is 62.6. The molecule has 0 bridgehead atoms. The number of aliphatic hydroxyl groups excluding tert-OH is 2. The summed E-state index contributed by atoms with van der Waals surface area (Å²) >= 11 is 0. The molecule has 0 fully saturated rings. The first-order valence-corrected chi connectivity index (χ1v) is 28.9. The zero-order valence-electron chi connectivity index (χ0n) is 43.3. The van der Waals surface area contributed by atoms with E-state index in [2.05, 4.69) is 31.3 Å². The van der Waals surface area contributed by atoms with Gasteiger partial charge in [0.25, 0.3) is 0 Å². The lowest BCUT2D eigenvalue weighted by Crippen LogP contribution is -2.45. The summed E-state index contributed by atoms with van der Waals surface area (Å²) in [5, 5.41) is 23.2. The molecule has 64 heavy (non-hydrogen) atoms. The summed E-state index contributed by atoms with van der Waals surface area (Å²) in [5.41, 5.74) is 0. The van der Waals surface area contributed by atoms with E-state index in [0.717, 1.165) is 38.5 Å². The molecule has 0 aromatic rings. The largest absolute Gasteiger partial charge is 0.466 e. The van der Waals surface area contributed by atoms with Crippen molar-refractivity contribution in [2.45, 2.75) is 334 Å². The van der Waals surface area contributed by atoms with E-state index >= 15 is 0 Å². The molecule has 6 heteroatoms. The fraction of sp³-hybridized carbons (Fsp3) is 0.931. The number of nitrogens with one attached hydrogen (secondary N) is 1. The molecule has 0 radical (unpaired) electrons. The SMILES string of the molecule is CCCCCCCCCCCCCCCC(O)C(CO)NC(=O)CCCCCCCCC/C=C\CCCCCCCCCCCCCOC(=O)CCCCCCCCCCCCCC. The van der Waals surface area contributed by atoms with Gasteiger partial charge in [-0.3, -0.25) is 9.59 Å². The molecule has 0 heterocycles. The summed E-state index contributed by atoms with van der Waals surface area (Å²) < 4.78 is 5.47. The summed E-state index contributed by atoms with van der Waals surface area (Å²) in [6.07, 6.45) is 63.5. The molecule has 0 saturated carbocycles. The summed E-state index contributed by atoms with van der Waals surface area (Å²) in [7, 11) is 0.